The zero-order chi connectivity index (χ0) is 51.1. The van der Waals surface area contributed by atoms with Crippen molar-refractivity contribution in [3.63, 3.8) is 0 Å². The van der Waals surface area contributed by atoms with E-state index < -0.39 is 124 Å². The van der Waals surface area contributed by atoms with Crippen molar-refractivity contribution in [2.24, 2.45) is 16.2 Å². The maximum Gasteiger partial charge on any atom is 0.381 e. The second-order valence-corrected chi connectivity index (χ2v) is 21.6. The van der Waals surface area contributed by atoms with Gasteiger partial charge >= 0.3 is 66.2 Å². The van der Waals surface area contributed by atoms with Crippen LogP contribution in [0.1, 0.15) is 135 Å². The van der Waals surface area contributed by atoms with Crippen molar-refractivity contribution in [1.29, 1.82) is 0 Å². The Labute approximate surface area is 377 Å². The molecule has 0 fully saturated rings. The molecule has 0 aromatic rings. The lowest BCUT2D eigenvalue weighted by atomic mass is 9.90. The average molecular weight is 994 g/mol. The fraction of sp³-hybridized carbons (Fsp3) is 0.846. The molecule has 4 atom stereocenters. The summed E-state index contributed by atoms with van der Waals surface area (Å²) < 4.78 is 128. The summed E-state index contributed by atoms with van der Waals surface area (Å²) in [6, 6.07) is 0. The second kappa shape index (κ2) is 28.5. The Morgan fingerprint density at radius 1 is 0.500 bits per heavy atom. The monoisotopic (exact) mass is 993 g/mol. The van der Waals surface area contributed by atoms with Gasteiger partial charge in [-0.15, -0.1) is 0 Å². The van der Waals surface area contributed by atoms with Gasteiger partial charge in [-0.2, -0.15) is 25.3 Å². The van der Waals surface area contributed by atoms with Crippen LogP contribution >= 0.6 is 0 Å². The molecule has 0 amide bonds. The fourth-order valence-electron chi connectivity index (χ4n) is 3.85. The Bertz CT molecular complexity index is 1840. The molecule has 25 heteroatoms. The van der Waals surface area contributed by atoms with Crippen LogP contribution in [-0.2, 0) is 87.5 Å². The maximum absolute atomic E-state index is 14.7. The molecule has 0 rings (SSSR count). The summed E-state index contributed by atoms with van der Waals surface area (Å²) in [5, 5.41) is 0. The van der Waals surface area contributed by atoms with Crippen LogP contribution in [0.2, 0.25) is 0 Å². The van der Waals surface area contributed by atoms with Crippen molar-refractivity contribution in [3.05, 3.63) is 0 Å². The van der Waals surface area contributed by atoms with Crippen LogP contribution in [0, 0.1) is 16.2 Å². The van der Waals surface area contributed by atoms with Crippen LogP contribution < -0.4 is 0 Å². The van der Waals surface area contributed by atoms with Crippen molar-refractivity contribution in [2.75, 3.05) is 37.1 Å². The van der Waals surface area contributed by atoms with Crippen molar-refractivity contribution < 1.29 is 100 Å². The number of alkyl halides is 1. The predicted molar refractivity (Wildman–Crippen MR) is 232 cm³/mol. The Balaban J connectivity index is -0.000000874. The lowest BCUT2D eigenvalue weighted by Crippen LogP contribution is -2.47. The Kier molecular flexibility index (Phi) is 28.8. The number of hydrogen-bond donors (Lipinski definition) is 0. The van der Waals surface area contributed by atoms with Gasteiger partial charge in [0.2, 0.25) is 5.67 Å². The minimum atomic E-state index is -4.07. The summed E-state index contributed by atoms with van der Waals surface area (Å²) in [7, 11) is -11.9. The molecular weight excluding hydrogens is 920 g/mol. The van der Waals surface area contributed by atoms with Gasteiger partial charge in [-0.3, -0.25) is 24.0 Å². The van der Waals surface area contributed by atoms with E-state index in [1.807, 2.05) is 13.8 Å². The molecule has 0 aromatic carbocycles. The summed E-state index contributed by atoms with van der Waals surface area (Å²) in [6.45, 7) is 20.3. The highest BCUT2D eigenvalue weighted by atomic mass is 32.2. The Morgan fingerprint density at radius 2 is 0.828 bits per heavy atom. The molecular formula is C39H74FO21S3+3. The quantitative estimate of drug-likeness (QED) is 0.0680. The van der Waals surface area contributed by atoms with Crippen LogP contribution in [0.3, 0.4) is 0 Å². The van der Waals surface area contributed by atoms with E-state index in [0.29, 0.717) is 25.7 Å². The molecule has 64 heavy (non-hydrogen) atoms. The van der Waals surface area contributed by atoms with Crippen LogP contribution in [0.4, 0.5) is 4.39 Å². The highest BCUT2D eigenvalue weighted by Crippen LogP contribution is 2.29. The summed E-state index contributed by atoms with van der Waals surface area (Å²) in [5.41, 5.74) is -4.65. The Morgan fingerprint density at radius 3 is 1.16 bits per heavy atom. The number of halogens is 1. The van der Waals surface area contributed by atoms with Crippen molar-refractivity contribution >= 4 is 66.2 Å². The first kappa shape index (κ1) is 64.8. The third-order valence-electron chi connectivity index (χ3n) is 9.63. The minimum Gasteiger partial charge on any atom is -0.464 e. The highest BCUT2D eigenvalue weighted by Gasteiger charge is 2.46. The minimum absolute atomic E-state index is 0.0460. The second-order valence-electron chi connectivity index (χ2n) is 16.7. The molecule has 6 N–H and O–H groups in total. The molecule has 0 aliphatic carbocycles. The van der Waals surface area contributed by atoms with E-state index in [2.05, 4.69) is 9.47 Å². The molecule has 0 heterocycles. The lowest BCUT2D eigenvalue weighted by molar-refractivity contribution is -0.180. The third kappa shape index (κ3) is 29.8. The molecule has 0 spiro atoms. The van der Waals surface area contributed by atoms with E-state index in [9.17, 15) is 58.4 Å². The van der Waals surface area contributed by atoms with E-state index in [0.717, 1.165) is 6.92 Å². The number of carbonyl (C=O) groups is 6. The van der Waals surface area contributed by atoms with Crippen LogP contribution in [-0.4, -0.2) is 136 Å². The molecule has 4 unspecified atom stereocenters. The fourth-order valence-corrected chi connectivity index (χ4v) is 4.76. The van der Waals surface area contributed by atoms with Gasteiger partial charge in [0, 0.05) is 0 Å². The number of esters is 6. The zero-order valence-electron chi connectivity index (χ0n) is 39.4. The van der Waals surface area contributed by atoms with Crippen LogP contribution in [0.5, 0.6) is 0 Å². The summed E-state index contributed by atoms with van der Waals surface area (Å²) in [4.78, 5) is 70.4. The standard InChI is InChI=1S/C14H25FO7S.C13H24O7S.C12H22O7S/c1-6-10(22-11(16)13(3,4)7-2)14(5,15)12(17)21-8-9-23(18,19)20;1-5-10(20-12(15)13(3,4)6-2)9-11(14)19-7-8-21(16,17)18;1-5-12(3,4)11(14)19-9(2)8-10(13)18-6-7-20(15,16)17/h10H,6-9H2,1-5H3,(H,18,19,20);10H,5-9H2,1-4H3,(H,16,17,18);9H,5-8H2,1-4H3,(H,15,16,17)/p+3. The van der Waals surface area contributed by atoms with Gasteiger partial charge in [-0.05, 0) is 87.5 Å². The van der Waals surface area contributed by atoms with E-state index in [1.165, 1.54) is 0 Å². The van der Waals surface area contributed by atoms with Crippen LogP contribution in [0.25, 0.3) is 0 Å². The largest absolute Gasteiger partial charge is 0.464 e. The van der Waals surface area contributed by atoms with Gasteiger partial charge in [0.25, 0.3) is 0 Å². The van der Waals surface area contributed by atoms with E-state index in [-0.39, 0.29) is 38.4 Å². The van der Waals surface area contributed by atoms with E-state index in [1.54, 1.807) is 69.2 Å². The van der Waals surface area contributed by atoms with Gasteiger partial charge in [-0.25, -0.2) is 9.18 Å². The van der Waals surface area contributed by atoms with Gasteiger partial charge in [0.1, 0.15) is 38.1 Å². The number of carbonyl (C=O) groups excluding carboxylic acids is 6. The molecule has 0 saturated heterocycles. The maximum atomic E-state index is 14.7. The van der Waals surface area contributed by atoms with E-state index in [4.69, 9.17) is 32.6 Å². The van der Waals surface area contributed by atoms with E-state index >= 15 is 0 Å². The highest BCUT2D eigenvalue weighted by molar-refractivity contribution is 7.86. The summed E-state index contributed by atoms with van der Waals surface area (Å²) >= 11 is 0. The third-order valence-corrected chi connectivity index (χ3v) is 11.7. The molecule has 0 radical (unpaired) electrons. The lowest BCUT2D eigenvalue weighted by Gasteiger charge is -2.30. The molecule has 0 aliphatic rings. The molecule has 0 aromatic heterocycles. The van der Waals surface area contributed by atoms with Crippen molar-refractivity contribution in [3.8, 4) is 0 Å². The molecule has 21 nitrogen and oxygen atoms in total. The predicted octanol–water partition coefficient (Wildman–Crippen LogP) is 2.14. The smallest absolute Gasteiger partial charge is 0.381 e. The van der Waals surface area contributed by atoms with Gasteiger partial charge < -0.3 is 42.1 Å². The molecule has 0 saturated carbocycles. The average Bonchev–Trinajstić information content (AvgIpc) is 3.14. The topological polar surface area (TPSA) is 329 Å². The molecule has 378 valence electrons. The number of rotatable bonds is 26. The van der Waals surface area contributed by atoms with Crippen LogP contribution in [0.15, 0.2) is 0 Å². The summed E-state index contributed by atoms with van der Waals surface area (Å²) in [5.74, 6) is -5.85. The van der Waals surface area contributed by atoms with Gasteiger partial charge in [0.15, 0.2) is 17.3 Å². The zero-order valence-corrected chi connectivity index (χ0v) is 41.8. The van der Waals surface area contributed by atoms with Gasteiger partial charge in [0.05, 0.1) is 29.1 Å². The number of ether oxygens (including phenoxy) is 6. The first-order chi connectivity index (χ1) is 28.8. The first-order valence-electron chi connectivity index (χ1n) is 20.5. The first-order valence-corrected chi connectivity index (χ1v) is 25.4. The summed E-state index contributed by atoms with van der Waals surface area (Å²) in [6.07, 6.45) is -0.640. The van der Waals surface area contributed by atoms with Crippen molar-refractivity contribution in [1.82, 2.24) is 0 Å². The van der Waals surface area contributed by atoms with Gasteiger partial charge in [-0.1, -0.05) is 34.6 Å². The molecule has 0 aliphatic heterocycles. The Hall–Kier alpha value is -3.52. The normalized spacial score (nSPS) is 14.6. The SMILES string of the molecule is CCC(C)(C)C(=O)OC(C)CC(=O)OCCS(=O)(=O)[OH2+].CCC(CC(=O)OCCS(=O)(=O)[OH2+])OC(=O)C(C)(C)CC.CCC(OC(=O)C(C)(C)CC)C(C)(F)C(=O)OCCS(=O)(=O)[OH2+]. The number of hydrogen-bond acceptors (Lipinski definition) is 18. The van der Waals surface area contributed by atoms with Crippen molar-refractivity contribution in [2.45, 2.75) is 159 Å². The molecule has 0 bridgehead atoms.